The largest absolute Gasteiger partial charge is 0.497 e. The van der Waals surface area contributed by atoms with Crippen molar-refractivity contribution in [3.05, 3.63) is 78.1 Å². The number of aliphatic carboxylic acids is 1. The van der Waals surface area contributed by atoms with Crippen molar-refractivity contribution >= 4 is 23.6 Å². The number of ether oxygens (including phenoxy) is 2. The summed E-state index contributed by atoms with van der Waals surface area (Å²) < 4.78 is 11.1. The van der Waals surface area contributed by atoms with Crippen LogP contribution in [0, 0.1) is 0 Å². The first-order valence-electron chi connectivity index (χ1n) is 10.3. The number of nitrogens with zero attached hydrogens (tertiary/aromatic N) is 1. The van der Waals surface area contributed by atoms with Gasteiger partial charge < -0.3 is 19.9 Å². The van der Waals surface area contributed by atoms with Gasteiger partial charge in [-0.25, -0.2) is 4.79 Å². The average molecular weight is 467 g/mol. The first-order chi connectivity index (χ1) is 16.0. The molecule has 7 nitrogen and oxygen atoms in total. The van der Waals surface area contributed by atoms with Crippen LogP contribution in [0.15, 0.2) is 67.0 Å². The Kier molecular flexibility index (Phi) is 8.71. The Balaban J connectivity index is 1.92. The Bertz CT molecular complexity index is 1090. The summed E-state index contributed by atoms with van der Waals surface area (Å²) in [6.07, 6.45) is 5.54. The number of carbonyl (C=O) groups excluding carboxylic acids is 1. The summed E-state index contributed by atoms with van der Waals surface area (Å²) in [5, 5.41) is 12.2. The maximum Gasteiger partial charge on any atom is 0.326 e. The maximum absolute atomic E-state index is 13.1. The van der Waals surface area contributed by atoms with Gasteiger partial charge in [-0.2, -0.15) is 11.8 Å². The van der Waals surface area contributed by atoms with E-state index in [0.717, 1.165) is 11.1 Å². The number of carbonyl (C=O) groups is 2. The van der Waals surface area contributed by atoms with E-state index in [4.69, 9.17) is 9.47 Å². The fourth-order valence-corrected chi connectivity index (χ4v) is 3.71. The molecule has 0 fully saturated rings. The van der Waals surface area contributed by atoms with Crippen LogP contribution in [0.5, 0.6) is 11.5 Å². The molecule has 0 spiro atoms. The SMILES string of the molecule is COc1cccc(-c2cc(COc3cccnc3)ccc2C(=O)NC(CCSC)C(=O)O)c1. The van der Waals surface area contributed by atoms with Crippen molar-refractivity contribution in [2.24, 2.45) is 0 Å². The summed E-state index contributed by atoms with van der Waals surface area (Å²) in [7, 11) is 1.58. The number of rotatable bonds is 11. The van der Waals surface area contributed by atoms with Crippen molar-refractivity contribution in [2.75, 3.05) is 19.1 Å². The summed E-state index contributed by atoms with van der Waals surface area (Å²) >= 11 is 1.53. The fourth-order valence-electron chi connectivity index (χ4n) is 3.24. The molecule has 0 saturated heterocycles. The van der Waals surface area contributed by atoms with Crippen LogP contribution >= 0.6 is 11.8 Å². The lowest BCUT2D eigenvalue weighted by Gasteiger charge is -2.17. The van der Waals surface area contributed by atoms with E-state index >= 15 is 0 Å². The number of amides is 1. The highest BCUT2D eigenvalue weighted by molar-refractivity contribution is 7.98. The van der Waals surface area contributed by atoms with Crippen molar-refractivity contribution in [3.63, 3.8) is 0 Å². The van der Waals surface area contributed by atoms with Crippen molar-refractivity contribution in [2.45, 2.75) is 19.1 Å². The van der Waals surface area contributed by atoms with Crippen molar-refractivity contribution < 1.29 is 24.2 Å². The second-order valence-electron chi connectivity index (χ2n) is 7.24. The number of aromatic nitrogens is 1. The molecule has 1 heterocycles. The van der Waals surface area contributed by atoms with Crippen LogP contribution in [0.1, 0.15) is 22.3 Å². The Morgan fingerprint density at radius 3 is 2.64 bits per heavy atom. The second kappa shape index (κ2) is 11.9. The lowest BCUT2D eigenvalue weighted by Crippen LogP contribution is -2.41. The van der Waals surface area contributed by atoms with Crippen LogP contribution in [-0.2, 0) is 11.4 Å². The Labute approximate surface area is 197 Å². The summed E-state index contributed by atoms with van der Waals surface area (Å²) in [6, 6.07) is 15.4. The van der Waals surface area contributed by atoms with Crippen molar-refractivity contribution in [1.82, 2.24) is 10.3 Å². The molecular weight excluding hydrogens is 440 g/mol. The van der Waals surface area contributed by atoms with Crippen LogP contribution < -0.4 is 14.8 Å². The van der Waals surface area contributed by atoms with Gasteiger partial charge in [0, 0.05) is 11.8 Å². The number of methoxy groups -OCH3 is 1. The Hall–Kier alpha value is -3.52. The van der Waals surface area contributed by atoms with Gasteiger partial charge >= 0.3 is 5.97 Å². The molecule has 0 bridgehead atoms. The highest BCUT2D eigenvalue weighted by atomic mass is 32.2. The highest BCUT2D eigenvalue weighted by Gasteiger charge is 2.22. The van der Waals surface area contributed by atoms with Gasteiger partial charge in [-0.1, -0.05) is 18.2 Å². The van der Waals surface area contributed by atoms with E-state index in [2.05, 4.69) is 10.3 Å². The molecule has 0 saturated carbocycles. The zero-order valence-corrected chi connectivity index (χ0v) is 19.3. The van der Waals surface area contributed by atoms with Crippen molar-refractivity contribution in [3.8, 4) is 22.6 Å². The number of pyridine rings is 1. The third-order valence-electron chi connectivity index (χ3n) is 4.96. The van der Waals surface area contributed by atoms with Gasteiger partial charge in [-0.3, -0.25) is 9.78 Å². The monoisotopic (exact) mass is 466 g/mol. The van der Waals surface area contributed by atoms with Gasteiger partial charge in [0.1, 0.15) is 24.1 Å². The minimum atomic E-state index is -1.05. The van der Waals surface area contributed by atoms with Gasteiger partial charge in [0.25, 0.3) is 5.91 Å². The van der Waals surface area contributed by atoms with Gasteiger partial charge in [-0.05, 0) is 71.5 Å². The van der Waals surface area contributed by atoms with E-state index in [9.17, 15) is 14.7 Å². The number of hydrogen-bond donors (Lipinski definition) is 2. The molecule has 33 heavy (non-hydrogen) atoms. The molecule has 0 aliphatic carbocycles. The number of carboxylic acid groups (broad SMARTS) is 1. The fraction of sp³-hybridized carbons (Fsp3) is 0.240. The standard InChI is InChI=1S/C25H26N2O5S/c1-31-19-6-3-5-18(14-19)22-13-17(16-32-20-7-4-11-26-15-20)8-9-21(22)24(28)27-23(25(29)30)10-12-33-2/h3-9,11,13-15,23H,10,12,16H2,1-2H3,(H,27,28)(H,29,30). The van der Waals surface area contributed by atoms with E-state index in [0.29, 0.717) is 34.8 Å². The molecule has 3 rings (SSSR count). The molecule has 8 heteroatoms. The minimum absolute atomic E-state index is 0.288. The van der Waals surface area contributed by atoms with E-state index in [1.807, 2.05) is 42.7 Å². The molecule has 1 aromatic heterocycles. The quantitative estimate of drug-likeness (QED) is 0.435. The topological polar surface area (TPSA) is 97.8 Å². The number of thioether (sulfide) groups is 1. The number of carboxylic acids is 1. The summed E-state index contributed by atoms with van der Waals surface area (Å²) in [6.45, 7) is 0.288. The normalized spacial score (nSPS) is 11.5. The summed E-state index contributed by atoms with van der Waals surface area (Å²) in [5.74, 6) is 0.424. The molecule has 2 N–H and O–H groups in total. The Morgan fingerprint density at radius 1 is 1.12 bits per heavy atom. The van der Waals surface area contributed by atoms with Gasteiger partial charge in [0.05, 0.1) is 13.3 Å². The number of hydrogen-bond acceptors (Lipinski definition) is 6. The molecule has 1 atom stereocenters. The smallest absolute Gasteiger partial charge is 0.326 e. The first-order valence-corrected chi connectivity index (χ1v) is 11.7. The van der Waals surface area contributed by atoms with E-state index in [1.165, 1.54) is 11.8 Å². The average Bonchev–Trinajstić information content (AvgIpc) is 2.85. The van der Waals surface area contributed by atoms with Gasteiger partial charge in [0.15, 0.2) is 0 Å². The lowest BCUT2D eigenvalue weighted by atomic mass is 9.96. The molecule has 2 aromatic carbocycles. The van der Waals surface area contributed by atoms with Crippen LogP contribution in [0.4, 0.5) is 0 Å². The predicted molar refractivity (Wildman–Crippen MR) is 129 cm³/mol. The molecule has 172 valence electrons. The Morgan fingerprint density at radius 2 is 1.94 bits per heavy atom. The first kappa shape index (κ1) is 24.1. The molecule has 1 amide bonds. The van der Waals surface area contributed by atoms with Crippen LogP contribution in [0.2, 0.25) is 0 Å². The summed E-state index contributed by atoms with van der Waals surface area (Å²) in [4.78, 5) is 28.8. The molecule has 0 aliphatic heterocycles. The molecule has 0 radical (unpaired) electrons. The van der Waals surface area contributed by atoms with Crippen LogP contribution in [0.3, 0.4) is 0 Å². The van der Waals surface area contributed by atoms with E-state index in [-0.39, 0.29) is 6.61 Å². The second-order valence-corrected chi connectivity index (χ2v) is 8.22. The molecule has 1 unspecified atom stereocenters. The van der Waals surface area contributed by atoms with Gasteiger partial charge in [-0.15, -0.1) is 0 Å². The van der Waals surface area contributed by atoms with Crippen LogP contribution in [0.25, 0.3) is 11.1 Å². The molecule has 3 aromatic rings. The van der Waals surface area contributed by atoms with E-state index < -0.39 is 17.9 Å². The minimum Gasteiger partial charge on any atom is -0.497 e. The van der Waals surface area contributed by atoms with E-state index in [1.54, 1.807) is 37.7 Å². The third-order valence-corrected chi connectivity index (χ3v) is 5.61. The number of nitrogens with one attached hydrogen (secondary N) is 1. The zero-order valence-electron chi connectivity index (χ0n) is 18.5. The predicted octanol–water partition coefficient (Wildman–Crippen LogP) is 4.27. The molecule has 0 aliphatic rings. The zero-order chi connectivity index (χ0) is 23.6. The number of benzene rings is 2. The summed E-state index contributed by atoms with van der Waals surface area (Å²) in [5.41, 5.74) is 2.67. The lowest BCUT2D eigenvalue weighted by molar-refractivity contribution is -0.139. The van der Waals surface area contributed by atoms with Gasteiger partial charge in [0.2, 0.25) is 0 Å². The third kappa shape index (κ3) is 6.73. The highest BCUT2D eigenvalue weighted by Crippen LogP contribution is 2.29. The molecular formula is C25H26N2O5S. The maximum atomic E-state index is 13.1. The van der Waals surface area contributed by atoms with Crippen LogP contribution in [-0.4, -0.2) is 47.1 Å². The van der Waals surface area contributed by atoms with Crippen molar-refractivity contribution in [1.29, 1.82) is 0 Å².